The molecule has 1 aromatic rings. The quantitative estimate of drug-likeness (QED) is 0.463. The predicted octanol–water partition coefficient (Wildman–Crippen LogP) is 3.20. The van der Waals surface area contributed by atoms with Crippen LogP contribution < -0.4 is 4.74 Å². The summed E-state index contributed by atoms with van der Waals surface area (Å²) in [5.74, 6) is -1.28. The van der Waals surface area contributed by atoms with Crippen LogP contribution in [-0.2, 0) is 19.1 Å². The number of nitrogens with zero attached hydrogens (tertiary/aromatic N) is 2. The molecule has 0 N–H and O–H groups in total. The molecule has 0 aromatic heterocycles. The Hall–Kier alpha value is -2.23. The van der Waals surface area contributed by atoms with Gasteiger partial charge >= 0.3 is 5.97 Å². The van der Waals surface area contributed by atoms with Crippen LogP contribution in [0, 0.1) is 0 Å². The Morgan fingerprint density at radius 2 is 1.80 bits per heavy atom. The first-order chi connectivity index (χ1) is 14.3. The number of carbonyl (C=O) groups excluding carboxylic acids is 4. The van der Waals surface area contributed by atoms with E-state index >= 15 is 0 Å². The van der Waals surface area contributed by atoms with Gasteiger partial charge in [-0.1, -0.05) is 23.2 Å². The summed E-state index contributed by atoms with van der Waals surface area (Å²) >= 11 is 13.1. The van der Waals surface area contributed by atoms with Crippen molar-refractivity contribution in [2.75, 3.05) is 33.4 Å². The molecule has 2 fully saturated rings. The van der Waals surface area contributed by atoms with Gasteiger partial charge in [-0.25, -0.2) is 4.79 Å². The highest BCUT2D eigenvalue weighted by Crippen LogP contribution is 2.37. The van der Waals surface area contributed by atoms with E-state index in [0.29, 0.717) is 18.7 Å². The molecule has 2 aliphatic heterocycles. The molecule has 8 nitrogen and oxygen atoms in total. The number of ether oxygens (including phenoxy) is 2. The van der Waals surface area contributed by atoms with E-state index in [4.69, 9.17) is 27.9 Å². The summed E-state index contributed by atoms with van der Waals surface area (Å²) in [6.45, 7) is 0.654. The second-order valence-corrected chi connectivity index (χ2v) is 8.34. The largest absolute Gasteiger partial charge is 0.479 e. The standard InChI is InChI=1S/C19H18Cl2N2O6S/c1-28-16(25)10-29-17-12(20)6-11(7-13(17)21)8-14-18(26)23(19(27)30-14)9-15(24)22-4-2-3-5-22/h6-8H,2-5,9-10H2,1H3. The summed E-state index contributed by atoms with van der Waals surface area (Å²) in [6.07, 6.45) is 3.32. The van der Waals surface area contributed by atoms with Gasteiger partial charge in [-0.15, -0.1) is 0 Å². The molecule has 0 radical (unpaired) electrons. The summed E-state index contributed by atoms with van der Waals surface area (Å²) in [5.41, 5.74) is 0.465. The maximum Gasteiger partial charge on any atom is 0.343 e. The first-order valence-corrected chi connectivity index (χ1v) is 10.6. The van der Waals surface area contributed by atoms with Gasteiger partial charge in [0, 0.05) is 13.1 Å². The molecule has 3 amide bonds. The molecule has 0 spiro atoms. The van der Waals surface area contributed by atoms with E-state index in [1.54, 1.807) is 4.90 Å². The Labute approximate surface area is 187 Å². The lowest BCUT2D eigenvalue weighted by atomic mass is 10.2. The zero-order chi connectivity index (χ0) is 21.8. The Morgan fingerprint density at radius 1 is 1.17 bits per heavy atom. The van der Waals surface area contributed by atoms with E-state index in [1.165, 1.54) is 25.3 Å². The Kier molecular flexibility index (Phi) is 7.27. The molecule has 0 unspecified atom stereocenters. The van der Waals surface area contributed by atoms with Crippen molar-refractivity contribution >= 4 is 64.1 Å². The third kappa shape index (κ3) is 5.08. The van der Waals surface area contributed by atoms with Gasteiger partial charge in [0.15, 0.2) is 12.4 Å². The first kappa shape index (κ1) is 22.5. The number of hydrogen-bond acceptors (Lipinski definition) is 7. The Balaban J connectivity index is 1.73. The number of carbonyl (C=O) groups is 4. The van der Waals surface area contributed by atoms with Crippen LogP contribution in [0.3, 0.4) is 0 Å². The molecule has 3 rings (SSSR count). The molecule has 160 valence electrons. The van der Waals surface area contributed by atoms with E-state index in [1.807, 2.05) is 0 Å². The minimum atomic E-state index is -0.594. The average molecular weight is 473 g/mol. The Morgan fingerprint density at radius 3 is 2.40 bits per heavy atom. The Bertz CT molecular complexity index is 907. The average Bonchev–Trinajstić information content (AvgIpc) is 3.32. The molecule has 0 saturated carbocycles. The molecule has 0 atom stereocenters. The summed E-state index contributed by atoms with van der Waals surface area (Å²) in [7, 11) is 1.23. The number of halogens is 2. The molecule has 30 heavy (non-hydrogen) atoms. The molecule has 1 aromatic carbocycles. The van der Waals surface area contributed by atoms with E-state index in [0.717, 1.165) is 29.5 Å². The maximum atomic E-state index is 12.6. The molecule has 0 bridgehead atoms. The number of amides is 3. The van der Waals surface area contributed by atoms with Gasteiger partial charge in [0.05, 0.1) is 22.1 Å². The van der Waals surface area contributed by atoms with Crippen molar-refractivity contribution in [2.24, 2.45) is 0 Å². The third-order valence-corrected chi connectivity index (χ3v) is 5.98. The zero-order valence-corrected chi connectivity index (χ0v) is 18.3. The van der Waals surface area contributed by atoms with Crippen LogP contribution in [0.25, 0.3) is 6.08 Å². The fourth-order valence-corrected chi connectivity index (χ4v) is 4.43. The number of thioether (sulfide) groups is 1. The normalized spacial score (nSPS) is 17.8. The highest BCUT2D eigenvalue weighted by atomic mass is 35.5. The van der Waals surface area contributed by atoms with Crippen LogP contribution >= 0.6 is 35.0 Å². The van der Waals surface area contributed by atoms with Crippen molar-refractivity contribution < 1.29 is 28.7 Å². The minimum absolute atomic E-state index is 0.102. The lowest BCUT2D eigenvalue weighted by molar-refractivity contribution is -0.142. The molecule has 11 heteroatoms. The molecule has 2 aliphatic rings. The van der Waals surface area contributed by atoms with Crippen LogP contribution in [0.15, 0.2) is 17.0 Å². The summed E-state index contributed by atoms with van der Waals surface area (Å²) in [6, 6.07) is 2.98. The van der Waals surface area contributed by atoms with Gasteiger partial charge in [-0.2, -0.15) is 0 Å². The SMILES string of the molecule is COC(=O)COc1c(Cl)cc(C=C2SC(=O)N(CC(=O)N3CCCC3)C2=O)cc1Cl. The van der Waals surface area contributed by atoms with Crippen molar-refractivity contribution in [3.05, 3.63) is 32.6 Å². The van der Waals surface area contributed by atoms with Crippen molar-refractivity contribution in [1.29, 1.82) is 0 Å². The lowest BCUT2D eigenvalue weighted by Gasteiger charge is -2.18. The van der Waals surface area contributed by atoms with Crippen molar-refractivity contribution in [1.82, 2.24) is 9.80 Å². The molecular weight excluding hydrogens is 455 g/mol. The van der Waals surface area contributed by atoms with Gasteiger partial charge < -0.3 is 14.4 Å². The van der Waals surface area contributed by atoms with Crippen molar-refractivity contribution in [2.45, 2.75) is 12.8 Å². The summed E-state index contributed by atoms with van der Waals surface area (Å²) < 4.78 is 9.75. The van der Waals surface area contributed by atoms with Crippen LogP contribution in [0.5, 0.6) is 5.75 Å². The zero-order valence-electron chi connectivity index (χ0n) is 16.0. The van der Waals surface area contributed by atoms with E-state index in [2.05, 4.69) is 4.74 Å². The lowest BCUT2D eigenvalue weighted by Crippen LogP contribution is -2.40. The number of hydrogen-bond donors (Lipinski definition) is 0. The molecular formula is C19H18Cl2N2O6S. The van der Waals surface area contributed by atoms with Gasteiger partial charge in [-0.05, 0) is 48.4 Å². The number of benzene rings is 1. The van der Waals surface area contributed by atoms with E-state index in [9.17, 15) is 19.2 Å². The first-order valence-electron chi connectivity index (χ1n) is 9.02. The number of likely N-dealkylation sites (tertiary alicyclic amines) is 1. The highest BCUT2D eigenvalue weighted by Gasteiger charge is 2.37. The third-order valence-electron chi connectivity index (χ3n) is 4.51. The molecule has 0 aliphatic carbocycles. The minimum Gasteiger partial charge on any atom is -0.479 e. The molecule has 2 heterocycles. The summed E-state index contributed by atoms with van der Waals surface area (Å²) in [4.78, 5) is 51.1. The second-order valence-electron chi connectivity index (χ2n) is 6.53. The van der Waals surface area contributed by atoms with Crippen LogP contribution in [0.1, 0.15) is 18.4 Å². The van der Waals surface area contributed by atoms with Crippen molar-refractivity contribution in [3.63, 3.8) is 0 Å². The van der Waals surface area contributed by atoms with E-state index < -0.39 is 17.1 Å². The highest BCUT2D eigenvalue weighted by molar-refractivity contribution is 8.18. The number of rotatable bonds is 6. The van der Waals surface area contributed by atoms with Gasteiger partial charge in [0.1, 0.15) is 6.54 Å². The maximum absolute atomic E-state index is 12.6. The fourth-order valence-electron chi connectivity index (χ4n) is 2.98. The smallest absolute Gasteiger partial charge is 0.343 e. The van der Waals surface area contributed by atoms with Crippen LogP contribution in [0.4, 0.5) is 4.79 Å². The van der Waals surface area contributed by atoms with Gasteiger partial charge in [0.25, 0.3) is 11.1 Å². The topological polar surface area (TPSA) is 93.2 Å². The number of imide groups is 1. The fraction of sp³-hybridized carbons (Fsp3) is 0.368. The monoisotopic (exact) mass is 472 g/mol. The van der Waals surface area contributed by atoms with Crippen LogP contribution in [-0.4, -0.2) is 66.2 Å². The summed E-state index contributed by atoms with van der Waals surface area (Å²) in [5, 5.41) is -0.254. The van der Waals surface area contributed by atoms with E-state index in [-0.39, 0.29) is 39.8 Å². The molecule has 2 saturated heterocycles. The van der Waals surface area contributed by atoms with Gasteiger partial charge in [0.2, 0.25) is 5.91 Å². The predicted molar refractivity (Wildman–Crippen MR) is 112 cm³/mol. The van der Waals surface area contributed by atoms with Crippen LogP contribution in [0.2, 0.25) is 10.0 Å². The second kappa shape index (κ2) is 9.72. The van der Waals surface area contributed by atoms with Gasteiger partial charge in [-0.3, -0.25) is 19.3 Å². The van der Waals surface area contributed by atoms with Crippen molar-refractivity contribution in [3.8, 4) is 5.75 Å². The number of esters is 1. The number of methoxy groups -OCH3 is 1.